The van der Waals surface area contributed by atoms with E-state index in [4.69, 9.17) is 15.2 Å². The van der Waals surface area contributed by atoms with Crippen LogP contribution in [0.4, 0.5) is 4.79 Å². The third kappa shape index (κ3) is 22.6. The fourth-order valence-corrected chi connectivity index (χ4v) is 1.04. The summed E-state index contributed by atoms with van der Waals surface area (Å²) in [7, 11) is 0. The lowest BCUT2D eigenvalue weighted by molar-refractivity contribution is -0.142. The molecule has 0 aromatic carbocycles. The Morgan fingerprint density at radius 2 is 1.43 bits per heavy atom. The summed E-state index contributed by atoms with van der Waals surface area (Å²) in [5.41, 5.74) is 4.74. The zero-order valence-electron chi connectivity index (χ0n) is 15.1. The van der Waals surface area contributed by atoms with Crippen molar-refractivity contribution < 1.29 is 28.6 Å². The average molecular weight is 334 g/mol. The number of hydrogen-bond donors (Lipinski definition) is 2. The highest BCUT2D eigenvalue weighted by Gasteiger charge is 2.17. The highest BCUT2D eigenvalue weighted by Crippen LogP contribution is 2.06. The Hall–Kier alpha value is -1.83. The number of alkyl carbamates (subject to hydrolysis) is 1. The molecule has 136 valence electrons. The van der Waals surface area contributed by atoms with Crippen LogP contribution in [0.3, 0.4) is 0 Å². The summed E-state index contributed by atoms with van der Waals surface area (Å²) >= 11 is 0. The van der Waals surface area contributed by atoms with Gasteiger partial charge in [-0.05, 0) is 34.6 Å². The van der Waals surface area contributed by atoms with Crippen LogP contribution in [0.5, 0.6) is 0 Å². The summed E-state index contributed by atoms with van der Waals surface area (Å²) < 4.78 is 14.3. The molecule has 0 radical (unpaired) electrons. The third-order valence-electron chi connectivity index (χ3n) is 1.85. The maximum Gasteiger partial charge on any atom is 0.407 e. The molecule has 2 atom stereocenters. The molecule has 0 saturated heterocycles. The first kappa shape index (κ1) is 23.4. The number of carbonyl (C=O) groups is 3. The van der Waals surface area contributed by atoms with Gasteiger partial charge in [0.15, 0.2) is 0 Å². The van der Waals surface area contributed by atoms with E-state index in [1.165, 1.54) is 13.8 Å². The van der Waals surface area contributed by atoms with Gasteiger partial charge in [0.25, 0.3) is 0 Å². The van der Waals surface area contributed by atoms with Crippen molar-refractivity contribution in [2.45, 2.75) is 66.2 Å². The molecule has 0 aromatic heterocycles. The molecule has 8 nitrogen and oxygen atoms in total. The molecule has 0 aliphatic carbocycles. The fourth-order valence-electron chi connectivity index (χ4n) is 1.04. The lowest BCUT2D eigenvalue weighted by atomic mass is 10.2. The quantitative estimate of drug-likeness (QED) is 0.576. The molecule has 0 saturated carbocycles. The van der Waals surface area contributed by atoms with Gasteiger partial charge in [-0.25, -0.2) is 4.79 Å². The maximum atomic E-state index is 11.2. The third-order valence-corrected chi connectivity index (χ3v) is 1.85. The number of rotatable bonds is 5. The molecule has 0 aromatic rings. The molecule has 0 aliphatic heterocycles. The van der Waals surface area contributed by atoms with E-state index in [2.05, 4.69) is 10.1 Å². The maximum absolute atomic E-state index is 11.2. The molecule has 0 rings (SSSR count). The molecule has 3 N–H and O–H groups in total. The second kappa shape index (κ2) is 11.7. The number of carbonyl (C=O) groups excluding carboxylic acids is 3. The summed E-state index contributed by atoms with van der Waals surface area (Å²) in [5.74, 6) is -0.643. The minimum atomic E-state index is -0.523. The lowest BCUT2D eigenvalue weighted by Gasteiger charge is -2.21. The van der Waals surface area contributed by atoms with Gasteiger partial charge in [-0.15, -0.1) is 0 Å². The van der Waals surface area contributed by atoms with E-state index < -0.39 is 11.7 Å². The van der Waals surface area contributed by atoms with Gasteiger partial charge in [-0.3, -0.25) is 9.59 Å². The molecular weight excluding hydrogens is 304 g/mol. The van der Waals surface area contributed by atoms with Crippen LogP contribution in [0.15, 0.2) is 0 Å². The fraction of sp³-hybridized carbons (Fsp3) is 0.800. The van der Waals surface area contributed by atoms with E-state index in [0.717, 1.165) is 0 Å². The highest BCUT2D eigenvalue weighted by atomic mass is 16.6. The SMILES string of the molecule is CC(=O)OC[C@@H](C)N.CC(=O)OC[C@@H](C)NC(=O)OC(C)(C)C. The van der Waals surface area contributed by atoms with E-state index in [1.807, 2.05) is 0 Å². The first-order chi connectivity index (χ1) is 10.3. The van der Waals surface area contributed by atoms with Gasteiger partial charge >= 0.3 is 18.0 Å². The summed E-state index contributed by atoms with van der Waals surface area (Å²) in [6.45, 7) is 12.0. The van der Waals surface area contributed by atoms with E-state index >= 15 is 0 Å². The molecule has 23 heavy (non-hydrogen) atoms. The van der Waals surface area contributed by atoms with E-state index in [-0.39, 0.29) is 30.6 Å². The summed E-state index contributed by atoms with van der Waals surface area (Å²) in [6, 6.07) is -0.317. The smallest absolute Gasteiger partial charge is 0.407 e. The minimum absolute atomic E-state index is 0.0566. The van der Waals surface area contributed by atoms with Crippen LogP contribution >= 0.6 is 0 Å². The summed E-state index contributed by atoms with van der Waals surface area (Å²) in [4.78, 5) is 31.8. The number of nitrogens with two attached hydrogens (primary N) is 1. The van der Waals surface area contributed by atoms with Crippen molar-refractivity contribution >= 4 is 18.0 Å². The zero-order chi connectivity index (χ0) is 18.6. The van der Waals surface area contributed by atoms with Crippen molar-refractivity contribution in [2.24, 2.45) is 5.73 Å². The van der Waals surface area contributed by atoms with E-state index in [1.54, 1.807) is 34.6 Å². The molecule has 0 unspecified atom stereocenters. The largest absolute Gasteiger partial charge is 0.464 e. The molecule has 0 spiro atoms. The molecule has 8 heteroatoms. The Kier molecular flexibility index (Phi) is 11.9. The van der Waals surface area contributed by atoms with E-state index in [9.17, 15) is 14.4 Å². The first-order valence-corrected chi connectivity index (χ1v) is 7.35. The topological polar surface area (TPSA) is 117 Å². The van der Waals surface area contributed by atoms with Crippen LogP contribution < -0.4 is 11.1 Å². The molecule has 0 fully saturated rings. The zero-order valence-corrected chi connectivity index (χ0v) is 15.1. The number of nitrogens with one attached hydrogen (secondary N) is 1. The molecular formula is C15H30N2O6. The number of ether oxygens (including phenoxy) is 3. The van der Waals surface area contributed by atoms with Crippen LogP contribution in [0.25, 0.3) is 0 Å². The van der Waals surface area contributed by atoms with Crippen molar-refractivity contribution in [3.05, 3.63) is 0 Å². The Bertz CT molecular complexity index is 377. The van der Waals surface area contributed by atoms with Gasteiger partial charge in [0.2, 0.25) is 0 Å². The van der Waals surface area contributed by atoms with Crippen molar-refractivity contribution in [1.29, 1.82) is 0 Å². The van der Waals surface area contributed by atoms with Gasteiger partial charge in [0.1, 0.15) is 18.8 Å². The second-order valence-corrected chi connectivity index (χ2v) is 6.13. The molecule has 0 heterocycles. The first-order valence-electron chi connectivity index (χ1n) is 7.35. The second-order valence-electron chi connectivity index (χ2n) is 6.13. The van der Waals surface area contributed by atoms with Gasteiger partial charge in [0, 0.05) is 19.9 Å². The van der Waals surface area contributed by atoms with Crippen molar-refractivity contribution in [3.63, 3.8) is 0 Å². The van der Waals surface area contributed by atoms with E-state index in [0.29, 0.717) is 6.61 Å². The van der Waals surface area contributed by atoms with Gasteiger partial charge in [0.05, 0.1) is 6.04 Å². The van der Waals surface area contributed by atoms with Crippen LogP contribution in [0.2, 0.25) is 0 Å². The van der Waals surface area contributed by atoms with Crippen LogP contribution in [-0.4, -0.2) is 48.9 Å². The Morgan fingerprint density at radius 1 is 1.00 bits per heavy atom. The highest BCUT2D eigenvalue weighted by molar-refractivity contribution is 5.68. The summed E-state index contributed by atoms with van der Waals surface area (Å²) in [5, 5.41) is 2.55. The summed E-state index contributed by atoms with van der Waals surface area (Å²) in [6.07, 6.45) is -0.512. The predicted octanol–water partition coefficient (Wildman–Crippen LogP) is 1.36. The molecule has 0 bridgehead atoms. The number of esters is 2. The van der Waals surface area contributed by atoms with Crippen LogP contribution in [0, 0.1) is 0 Å². The standard InChI is InChI=1S/C10H19NO4.C5H11NO2/c1-7(6-14-8(2)12)11-9(13)15-10(3,4)5;1-4(6)3-8-5(2)7/h7H,6H2,1-5H3,(H,11,13);4H,3,6H2,1-2H3/t7-;4-/m11/s1. The average Bonchev–Trinajstić information content (AvgIpc) is 2.32. The van der Waals surface area contributed by atoms with Crippen molar-refractivity contribution in [2.75, 3.05) is 13.2 Å². The Balaban J connectivity index is 0. The Morgan fingerprint density at radius 3 is 1.74 bits per heavy atom. The molecule has 0 aliphatic rings. The van der Waals surface area contributed by atoms with Gasteiger partial charge in [-0.1, -0.05) is 0 Å². The molecule has 1 amide bonds. The van der Waals surface area contributed by atoms with Gasteiger partial charge < -0.3 is 25.3 Å². The van der Waals surface area contributed by atoms with Crippen molar-refractivity contribution in [1.82, 2.24) is 5.32 Å². The number of amides is 1. The monoisotopic (exact) mass is 334 g/mol. The van der Waals surface area contributed by atoms with Crippen LogP contribution in [-0.2, 0) is 23.8 Å². The number of hydrogen-bond acceptors (Lipinski definition) is 7. The normalized spacial score (nSPS) is 12.9. The lowest BCUT2D eigenvalue weighted by Crippen LogP contribution is -2.40. The van der Waals surface area contributed by atoms with Crippen LogP contribution in [0.1, 0.15) is 48.5 Å². The predicted molar refractivity (Wildman–Crippen MR) is 85.7 cm³/mol. The Labute approximate surface area is 138 Å². The minimum Gasteiger partial charge on any atom is -0.464 e. The van der Waals surface area contributed by atoms with Crippen molar-refractivity contribution in [3.8, 4) is 0 Å². The van der Waals surface area contributed by atoms with Gasteiger partial charge in [-0.2, -0.15) is 0 Å².